The van der Waals surface area contributed by atoms with Crippen molar-refractivity contribution in [3.63, 3.8) is 0 Å². The zero-order valence-corrected chi connectivity index (χ0v) is 21.0. The van der Waals surface area contributed by atoms with Crippen molar-refractivity contribution >= 4 is 15.8 Å². The molecule has 2 unspecified atom stereocenters. The molecule has 0 aliphatic heterocycles. The molecule has 0 aromatic rings. The molecule has 2 heteroatoms. The molecule has 144 valence electrons. The zero-order valence-electron chi connectivity index (χ0n) is 19.3. The SMILES string of the molecule is C=C(C(C)P(C(C)(C)C)C(C)(C)C)C(C)P(C(C)(C)C)C(C)(C)C. The van der Waals surface area contributed by atoms with Gasteiger partial charge in [-0.25, -0.2) is 0 Å². The van der Waals surface area contributed by atoms with Gasteiger partial charge in [-0.2, -0.15) is 0 Å². The largest absolute Gasteiger partial charge is 0.0986 e. The van der Waals surface area contributed by atoms with Gasteiger partial charge in [0, 0.05) is 0 Å². The van der Waals surface area contributed by atoms with E-state index in [4.69, 9.17) is 0 Å². The number of allylic oxidation sites excluding steroid dienone is 1. The molecule has 0 spiro atoms. The maximum absolute atomic E-state index is 4.68. The van der Waals surface area contributed by atoms with Crippen molar-refractivity contribution in [1.82, 2.24) is 0 Å². The van der Waals surface area contributed by atoms with Crippen molar-refractivity contribution < 1.29 is 0 Å². The Morgan fingerprint density at radius 3 is 0.833 bits per heavy atom. The molecule has 0 radical (unpaired) electrons. The summed E-state index contributed by atoms with van der Waals surface area (Å²) in [6.07, 6.45) is 0. The van der Waals surface area contributed by atoms with Crippen LogP contribution in [-0.4, -0.2) is 31.9 Å². The Balaban J connectivity index is 5.81. The average Bonchev–Trinajstić information content (AvgIpc) is 2.18. The summed E-state index contributed by atoms with van der Waals surface area (Å²) in [5.74, 6) is 0. The lowest BCUT2D eigenvalue weighted by molar-refractivity contribution is 0.681. The Hall–Kier alpha value is 0.600. The molecule has 0 nitrogen and oxygen atoms in total. The highest BCUT2D eigenvalue weighted by Gasteiger charge is 2.44. The summed E-state index contributed by atoms with van der Waals surface area (Å²) >= 11 is 0. The van der Waals surface area contributed by atoms with Crippen molar-refractivity contribution in [1.29, 1.82) is 0 Å². The first-order valence-electron chi connectivity index (χ1n) is 9.50. The predicted octanol–water partition coefficient (Wildman–Crippen LogP) is 8.48. The first-order valence-corrected chi connectivity index (χ1v) is 12.3. The van der Waals surface area contributed by atoms with Gasteiger partial charge in [-0.1, -0.05) is 125 Å². The molecule has 0 aromatic carbocycles. The third-order valence-corrected chi connectivity index (χ3v) is 12.7. The van der Waals surface area contributed by atoms with Gasteiger partial charge in [0.1, 0.15) is 0 Å². The third kappa shape index (κ3) is 6.40. The van der Waals surface area contributed by atoms with Crippen LogP contribution in [0.25, 0.3) is 0 Å². The Labute approximate surface area is 157 Å². The summed E-state index contributed by atoms with van der Waals surface area (Å²) in [7, 11) is -0.323. The lowest BCUT2D eigenvalue weighted by atomic mass is 10.1. The van der Waals surface area contributed by atoms with Gasteiger partial charge in [0.15, 0.2) is 0 Å². The maximum Gasteiger partial charge on any atom is -0.00148 e. The summed E-state index contributed by atoms with van der Waals surface area (Å²) in [6.45, 7) is 38.7. The molecular weight excluding hydrogens is 326 g/mol. The smallest absolute Gasteiger partial charge is 0.00148 e. The minimum absolute atomic E-state index is 0.161. The Morgan fingerprint density at radius 1 is 0.542 bits per heavy atom. The Bertz CT molecular complexity index is 353. The fourth-order valence-electron chi connectivity index (χ4n) is 5.02. The summed E-state index contributed by atoms with van der Waals surface area (Å²) in [5, 5.41) is 1.40. The molecule has 0 N–H and O–H groups in total. The van der Waals surface area contributed by atoms with E-state index in [1.807, 2.05) is 0 Å². The van der Waals surface area contributed by atoms with Crippen molar-refractivity contribution in [3.8, 4) is 0 Å². The van der Waals surface area contributed by atoms with Crippen LogP contribution >= 0.6 is 15.8 Å². The first kappa shape index (κ1) is 24.6. The van der Waals surface area contributed by atoms with Crippen LogP contribution in [0.3, 0.4) is 0 Å². The van der Waals surface area contributed by atoms with Crippen LogP contribution in [0.15, 0.2) is 12.2 Å². The van der Waals surface area contributed by atoms with E-state index in [0.717, 1.165) is 0 Å². The van der Waals surface area contributed by atoms with E-state index in [1.165, 1.54) is 5.57 Å². The van der Waals surface area contributed by atoms with Gasteiger partial charge in [0.25, 0.3) is 0 Å². The van der Waals surface area contributed by atoms with E-state index in [1.54, 1.807) is 0 Å². The molecule has 0 bridgehead atoms. The van der Waals surface area contributed by atoms with Crippen LogP contribution in [0, 0.1) is 0 Å². The summed E-state index contributed by atoms with van der Waals surface area (Å²) in [4.78, 5) is 0. The van der Waals surface area contributed by atoms with Gasteiger partial charge < -0.3 is 0 Å². The second kappa shape index (κ2) is 7.69. The fourth-order valence-corrected chi connectivity index (χ4v) is 14.9. The van der Waals surface area contributed by atoms with Crippen LogP contribution in [0.5, 0.6) is 0 Å². The van der Waals surface area contributed by atoms with Gasteiger partial charge in [0.2, 0.25) is 0 Å². The molecule has 0 saturated heterocycles. The topological polar surface area (TPSA) is 0 Å². The molecule has 2 atom stereocenters. The van der Waals surface area contributed by atoms with E-state index in [2.05, 4.69) is 104 Å². The first-order chi connectivity index (χ1) is 10.2. The maximum atomic E-state index is 4.68. The van der Waals surface area contributed by atoms with Gasteiger partial charge in [-0.15, -0.1) is 0 Å². The molecule has 0 aliphatic rings. The van der Waals surface area contributed by atoms with E-state index < -0.39 is 0 Å². The van der Waals surface area contributed by atoms with Crippen LogP contribution < -0.4 is 0 Å². The van der Waals surface area contributed by atoms with Crippen molar-refractivity contribution in [3.05, 3.63) is 12.2 Å². The lowest BCUT2D eigenvalue weighted by Gasteiger charge is -2.50. The second-order valence-corrected chi connectivity index (χ2v) is 19.7. The highest BCUT2D eigenvalue weighted by molar-refractivity contribution is 7.63. The highest BCUT2D eigenvalue weighted by atomic mass is 31.1. The number of rotatable bonds is 4. The average molecular weight is 373 g/mol. The van der Waals surface area contributed by atoms with Crippen LogP contribution in [0.2, 0.25) is 0 Å². The predicted molar refractivity (Wildman–Crippen MR) is 121 cm³/mol. The van der Waals surface area contributed by atoms with Crippen LogP contribution in [0.4, 0.5) is 0 Å². The van der Waals surface area contributed by atoms with Crippen LogP contribution in [-0.2, 0) is 0 Å². The van der Waals surface area contributed by atoms with Gasteiger partial charge in [-0.05, 0) is 31.9 Å². The Kier molecular flexibility index (Phi) is 7.88. The fraction of sp³-hybridized carbons (Fsp3) is 0.909. The van der Waals surface area contributed by atoms with Crippen molar-refractivity contribution in [2.75, 3.05) is 0 Å². The van der Waals surface area contributed by atoms with Crippen LogP contribution in [0.1, 0.15) is 96.9 Å². The minimum atomic E-state index is -0.161. The molecule has 0 fully saturated rings. The van der Waals surface area contributed by atoms with Gasteiger partial charge >= 0.3 is 0 Å². The molecule has 0 rings (SSSR count). The quantitative estimate of drug-likeness (QED) is 0.343. The van der Waals surface area contributed by atoms with Crippen molar-refractivity contribution in [2.45, 2.75) is 129 Å². The van der Waals surface area contributed by atoms with E-state index in [9.17, 15) is 0 Å². The second-order valence-electron chi connectivity index (χ2n) is 11.4. The normalized spacial score (nSPS) is 17.3. The molecule has 0 aromatic heterocycles. The molecule has 0 saturated carbocycles. The summed E-state index contributed by atoms with van der Waals surface area (Å²) in [6, 6.07) is 0. The number of hydrogen-bond donors (Lipinski definition) is 0. The standard InChI is InChI=1S/C22H46P2/c1-16(17(2)23(19(4,5)6)20(7,8)9)18(3)24(21(10,11)12)22(13,14)15/h17-18H,1H2,2-15H3. The lowest BCUT2D eigenvalue weighted by Crippen LogP contribution is -2.36. The summed E-state index contributed by atoms with van der Waals surface area (Å²) in [5.41, 5.74) is 2.70. The molecular formula is C22H46P2. The molecule has 0 aliphatic carbocycles. The summed E-state index contributed by atoms with van der Waals surface area (Å²) < 4.78 is 0. The van der Waals surface area contributed by atoms with E-state index >= 15 is 0 Å². The Morgan fingerprint density at radius 2 is 0.708 bits per heavy atom. The molecule has 0 amide bonds. The van der Waals surface area contributed by atoms with E-state index in [-0.39, 0.29) is 15.8 Å². The monoisotopic (exact) mass is 372 g/mol. The van der Waals surface area contributed by atoms with E-state index in [0.29, 0.717) is 31.9 Å². The number of hydrogen-bond acceptors (Lipinski definition) is 0. The third-order valence-electron chi connectivity index (χ3n) is 4.74. The van der Waals surface area contributed by atoms with Gasteiger partial charge in [-0.3, -0.25) is 0 Å². The molecule has 24 heavy (non-hydrogen) atoms. The zero-order chi connectivity index (χ0) is 19.9. The molecule has 0 heterocycles. The van der Waals surface area contributed by atoms with Crippen molar-refractivity contribution in [2.24, 2.45) is 0 Å². The minimum Gasteiger partial charge on any atom is -0.0986 e. The van der Waals surface area contributed by atoms with Gasteiger partial charge in [0.05, 0.1) is 0 Å². The highest BCUT2D eigenvalue weighted by Crippen LogP contribution is 2.68.